The van der Waals surface area contributed by atoms with E-state index in [0.29, 0.717) is 22.0 Å². The topological polar surface area (TPSA) is 63.6 Å². The van der Waals surface area contributed by atoms with Crippen molar-refractivity contribution in [2.24, 2.45) is 4.99 Å². The number of carbonyl (C=O) groups is 1. The first kappa shape index (κ1) is 16.6. The second-order valence-electron chi connectivity index (χ2n) is 4.85. The fourth-order valence-corrected chi connectivity index (χ4v) is 3.13. The minimum absolute atomic E-state index is 0.194. The van der Waals surface area contributed by atoms with Crippen LogP contribution in [-0.2, 0) is 9.53 Å². The van der Waals surface area contributed by atoms with Gasteiger partial charge >= 0.3 is 5.97 Å². The molecule has 24 heavy (non-hydrogen) atoms. The van der Waals surface area contributed by atoms with Gasteiger partial charge in [0.05, 0.1) is 12.2 Å². The SMILES string of the molecule is CCOC(=O)C1=CNC(c2nccs2)=NC1c1ccc(F)cc1Cl. The number of nitrogens with one attached hydrogen (secondary N) is 1. The number of ether oxygens (including phenoxy) is 1. The Morgan fingerprint density at radius 1 is 1.50 bits per heavy atom. The zero-order chi connectivity index (χ0) is 17.1. The lowest BCUT2D eigenvalue weighted by Crippen LogP contribution is -2.29. The summed E-state index contributed by atoms with van der Waals surface area (Å²) in [5, 5.41) is 5.65. The quantitative estimate of drug-likeness (QED) is 0.842. The lowest BCUT2D eigenvalue weighted by molar-refractivity contribution is -0.138. The third kappa shape index (κ3) is 3.32. The van der Waals surface area contributed by atoms with Gasteiger partial charge in [-0.1, -0.05) is 17.7 Å². The second-order valence-corrected chi connectivity index (χ2v) is 6.15. The minimum atomic E-state index is -0.697. The van der Waals surface area contributed by atoms with Gasteiger partial charge in [-0.3, -0.25) is 4.99 Å². The van der Waals surface area contributed by atoms with Crippen LogP contribution in [0.4, 0.5) is 4.39 Å². The van der Waals surface area contributed by atoms with Gasteiger partial charge < -0.3 is 10.1 Å². The number of esters is 1. The van der Waals surface area contributed by atoms with E-state index >= 15 is 0 Å². The van der Waals surface area contributed by atoms with Gasteiger partial charge in [0.15, 0.2) is 10.8 Å². The number of hydrogen-bond acceptors (Lipinski definition) is 6. The molecule has 0 saturated heterocycles. The maximum Gasteiger partial charge on any atom is 0.338 e. The summed E-state index contributed by atoms with van der Waals surface area (Å²) in [5.41, 5.74) is 0.818. The first-order chi connectivity index (χ1) is 11.6. The summed E-state index contributed by atoms with van der Waals surface area (Å²) in [7, 11) is 0. The van der Waals surface area contributed by atoms with E-state index in [0.717, 1.165) is 0 Å². The van der Waals surface area contributed by atoms with E-state index in [1.807, 2.05) is 5.38 Å². The van der Waals surface area contributed by atoms with Crippen molar-refractivity contribution >= 4 is 34.7 Å². The van der Waals surface area contributed by atoms with Gasteiger partial charge in [0.2, 0.25) is 0 Å². The molecule has 0 aliphatic carbocycles. The van der Waals surface area contributed by atoms with Crippen LogP contribution < -0.4 is 5.32 Å². The summed E-state index contributed by atoms with van der Waals surface area (Å²) in [5.74, 6) is -0.441. The molecule has 0 amide bonds. The zero-order valence-corrected chi connectivity index (χ0v) is 14.2. The molecule has 1 atom stereocenters. The molecule has 1 N–H and O–H groups in total. The van der Waals surface area contributed by atoms with E-state index in [9.17, 15) is 9.18 Å². The normalized spacial score (nSPS) is 16.9. The maximum absolute atomic E-state index is 13.3. The van der Waals surface area contributed by atoms with Crippen molar-refractivity contribution in [2.45, 2.75) is 13.0 Å². The number of aliphatic imine (C=N–C) groups is 1. The number of halogens is 2. The average Bonchev–Trinajstić information content (AvgIpc) is 3.09. The molecule has 1 unspecified atom stereocenters. The molecule has 0 saturated carbocycles. The Morgan fingerprint density at radius 2 is 2.33 bits per heavy atom. The van der Waals surface area contributed by atoms with Crippen LogP contribution >= 0.6 is 22.9 Å². The molecule has 2 aromatic rings. The van der Waals surface area contributed by atoms with Crippen LogP contribution in [0.25, 0.3) is 0 Å². The minimum Gasteiger partial charge on any atom is -0.463 e. The van der Waals surface area contributed by atoms with Crippen LogP contribution in [-0.4, -0.2) is 23.4 Å². The van der Waals surface area contributed by atoms with Gasteiger partial charge in [-0.05, 0) is 19.1 Å². The Morgan fingerprint density at radius 3 is 3.00 bits per heavy atom. The largest absolute Gasteiger partial charge is 0.463 e. The molecule has 8 heteroatoms. The summed E-state index contributed by atoms with van der Waals surface area (Å²) in [6, 6.07) is 3.30. The van der Waals surface area contributed by atoms with E-state index in [1.165, 1.54) is 35.7 Å². The fourth-order valence-electron chi connectivity index (χ4n) is 2.26. The standard InChI is InChI=1S/C16H13ClFN3O2S/c1-2-23-16(22)11-8-20-14(15-19-5-6-24-15)21-13(11)10-4-3-9(18)7-12(10)17/h3-8,13H,2H2,1H3,(H,20,21). The zero-order valence-electron chi connectivity index (χ0n) is 12.6. The highest BCUT2D eigenvalue weighted by molar-refractivity contribution is 7.11. The molecule has 1 aliphatic rings. The van der Waals surface area contributed by atoms with Crippen LogP contribution in [0, 0.1) is 5.82 Å². The monoisotopic (exact) mass is 365 g/mol. The highest BCUT2D eigenvalue weighted by Crippen LogP contribution is 2.34. The molecule has 0 bridgehead atoms. The predicted octanol–water partition coefficient (Wildman–Crippen LogP) is 3.47. The first-order valence-corrected chi connectivity index (χ1v) is 8.42. The summed E-state index contributed by atoms with van der Waals surface area (Å²) < 4.78 is 18.4. The van der Waals surface area contributed by atoms with Crippen LogP contribution in [0.15, 0.2) is 46.5 Å². The van der Waals surface area contributed by atoms with E-state index in [-0.39, 0.29) is 11.6 Å². The number of benzene rings is 1. The Labute approximate surface area is 146 Å². The molecule has 0 spiro atoms. The van der Waals surface area contributed by atoms with Gasteiger partial charge in [0.1, 0.15) is 11.9 Å². The van der Waals surface area contributed by atoms with Gasteiger partial charge in [-0.25, -0.2) is 14.2 Å². The number of amidine groups is 1. The number of aromatic nitrogens is 1. The third-order valence-corrected chi connectivity index (χ3v) is 4.43. The van der Waals surface area contributed by atoms with Gasteiger partial charge in [-0.15, -0.1) is 11.3 Å². The second kappa shape index (κ2) is 7.11. The van der Waals surface area contributed by atoms with Crippen molar-refractivity contribution in [3.63, 3.8) is 0 Å². The molecular weight excluding hydrogens is 353 g/mol. The lowest BCUT2D eigenvalue weighted by atomic mass is 9.98. The van der Waals surface area contributed by atoms with Crippen molar-refractivity contribution in [1.82, 2.24) is 10.3 Å². The Kier molecular flexibility index (Phi) is 4.92. The number of hydrogen-bond donors (Lipinski definition) is 1. The van der Waals surface area contributed by atoms with Gasteiger partial charge in [0.25, 0.3) is 0 Å². The first-order valence-electron chi connectivity index (χ1n) is 7.16. The van der Waals surface area contributed by atoms with E-state index < -0.39 is 17.8 Å². The highest BCUT2D eigenvalue weighted by Gasteiger charge is 2.29. The Hall–Kier alpha value is -2.25. The molecule has 1 aliphatic heterocycles. The van der Waals surface area contributed by atoms with Gasteiger partial charge in [-0.2, -0.15) is 0 Å². The van der Waals surface area contributed by atoms with Crippen LogP contribution in [0.5, 0.6) is 0 Å². The third-order valence-electron chi connectivity index (χ3n) is 3.32. The molecular formula is C16H13ClFN3O2S. The van der Waals surface area contributed by atoms with Crippen molar-refractivity contribution in [3.8, 4) is 0 Å². The number of thiazole rings is 1. The molecule has 1 aromatic heterocycles. The van der Waals surface area contributed by atoms with Crippen molar-refractivity contribution in [1.29, 1.82) is 0 Å². The predicted molar refractivity (Wildman–Crippen MR) is 90.7 cm³/mol. The molecule has 1 aromatic carbocycles. The van der Waals surface area contributed by atoms with E-state index in [1.54, 1.807) is 13.1 Å². The summed E-state index contributed by atoms with van der Waals surface area (Å²) in [6.07, 6.45) is 3.20. The van der Waals surface area contributed by atoms with Crippen LogP contribution in [0.3, 0.4) is 0 Å². The molecule has 2 heterocycles. The smallest absolute Gasteiger partial charge is 0.338 e. The number of rotatable bonds is 4. The van der Waals surface area contributed by atoms with Crippen LogP contribution in [0.1, 0.15) is 23.5 Å². The molecule has 5 nitrogen and oxygen atoms in total. The average molecular weight is 366 g/mol. The number of nitrogens with zero attached hydrogens (tertiary/aromatic N) is 2. The maximum atomic E-state index is 13.3. The Bertz CT molecular complexity index is 821. The molecule has 124 valence electrons. The number of carbonyl (C=O) groups excluding carboxylic acids is 1. The van der Waals surface area contributed by atoms with E-state index in [4.69, 9.17) is 16.3 Å². The lowest BCUT2D eigenvalue weighted by Gasteiger charge is -2.22. The Balaban J connectivity index is 2.04. The van der Waals surface area contributed by atoms with Crippen LogP contribution in [0.2, 0.25) is 5.02 Å². The molecule has 3 rings (SSSR count). The highest BCUT2D eigenvalue weighted by atomic mass is 35.5. The summed E-state index contributed by atoms with van der Waals surface area (Å²) in [6.45, 7) is 1.96. The van der Waals surface area contributed by atoms with E-state index in [2.05, 4.69) is 15.3 Å². The van der Waals surface area contributed by atoms with Crippen molar-refractivity contribution in [2.75, 3.05) is 6.61 Å². The van der Waals surface area contributed by atoms with Crippen molar-refractivity contribution in [3.05, 3.63) is 63.0 Å². The van der Waals surface area contributed by atoms with Crippen molar-refractivity contribution < 1.29 is 13.9 Å². The molecule has 0 radical (unpaired) electrons. The van der Waals surface area contributed by atoms with Gasteiger partial charge in [0, 0.05) is 28.4 Å². The molecule has 0 fully saturated rings. The summed E-state index contributed by atoms with van der Waals surface area (Å²) >= 11 is 7.57. The fraction of sp³-hybridized carbons (Fsp3) is 0.188. The summed E-state index contributed by atoms with van der Waals surface area (Å²) in [4.78, 5) is 21.0.